The smallest absolute Gasteiger partial charge is 0.303 e. The molecule has 7 nitrogen and oxygen atoms in total. The number of carbonyl (C=O) groups is 2. The van der Waals surface area contributed by atoms with Crippen molar-refractivity contribution >= 4 is 21.9 Å². The van der Waals surface area contributed by atoms with Crippen molar-refractivity contribution in [3.05, 3.63) is 29.8 Å². The van der Waals surface area contributed by atoms with Gasteiger partial charge in [0.05, 0.1) is 4.90 Å². The lowest BCUT2D eigenvalue weighted by Crippen LogP contribution is -2.40. The van der Waals surface area contributed by atoms with E-state index in [4.69, 9.17) is 5.11 Å². The van der Waals surface area contributed by atoms with Crippen LogP contribution in [0.1, 0.15) is 44.5 Å². The van der Waals surface area contributed by atoms with Crippen molar-refractivity contribution in [3.63, 3.8) is 0 Å². The fourth-order valence-electron chi connectivity index (χ4n) is 1.99. The SMILES string of the molecule is CC(CNC(=O)c1ccc(S(=O)(=O)NC(C)(C)C)cc1)CC(=O)O. The van der Waals surface area contributed by atoms with E-state index in [1.165, 1.54) is 24.3 Å². The largest absolute Gasteiger partial charge is 0.481 e. The van der Waals surface area contributed by atoms with Crippen LogP contribution < -0.4 is 10.0 Å². The summed E-state index contributed by atoms with van der Waals surface area (Å²) in [5.41, 5.74) is -0.290. The molecule has 134 valence electrons. The van der Waals surface area contributed by atoms with E-state index in [1.807, 2.05) is 0 Å². The van der Waals surface area contributed by atoms with Gasteiger partial charge in [0.25, 0.3) is 5.91 Å². The van der Waals surface area contributed by atoms with E-state index in [1.54, 1.807) is 27.7 Å². The summed E-state index contributed by atoms with van der Waals surface area (Å²) in [5.74, 6) is -1.49. The van der Waals surface area contributed by atoms with Gasteiger partial charge >= 0.3 is 5.97 Å². The van der Waals surface area contributed by atoms with Crippen molar-refractivity contribution in [1.29, 1.82) is 0 Å². The van der Waals surface area contributed by atoms with E-state index in [2.05, 4.69) is 10.0 Å². The predicted octanol–water partition coefficient (Wildman–Crippen LogP) is 1.60. The molecular weight excluding hydrogens is 332 g/mol. The molecule has 0 aromatic heterocycles. The highest BCUT2D eigenvalue weighted by molar-refractivity contribution is 7.89. The Morgan fingerprint density at radius 3 is 2.17 bits per heavy atom. The second-order valence-corrected chi connectivity index (χ2v) is 8.48. The Balaban J connectivity index is 2.73. The van der Waals surface area contributed by atoms with Crippen molar-refractivity contribution in [1.82, 2.24) is 10.0 Å². The fraction of sp³-hybridized carbons (Fsp3) is 0.500. The average molecular weight is 356 g/mol. The van der Waals surface area contributed by atoms with Gasteiger partial charge in [0.15, 0.2) is 0 Å². The van der Waals surface area contributed by atoms with E-state index in [0.717, 1.165) is 0 Å². The number of aliphatic carboxylic acids is 1. The molecule has 0 aliphatic carbocycles. The van der Waals surface area contributed by atoms with Gasteiger partial charge in [-0.2, -0.15) is 0 Å². The van der Waals surface area contributed by atoms with Gasteiger partial charge in [0.2, 0.25) is 10.0 Å². The molecule has 1 rings (SSSR count). The third-order valence-electron chi connectivity index (χ3n) is 3.00. The molecule has 0 bridgehead atoms. The summed E-state index contributed by atoms with van der Waals surface area (Å²) in [6.07, 6.45) is -0.0318. The summed E-state index contributed by atoms with van der Waals surface area (Å²) >= 11 is 0. The van der Waals surface area contributed by atoms with Crippen molar-refractivity contribution in [3.8, 4) is 0 Å². The van der Waals surface area contributed by atoms with Crippen LogP contribution in [0.2, 0.25) is 0 Å². The monoisotopic (exact) mass is 356 g/mol. The number of carboxylic acids is 1. The van der Waals surface area contributed by atoms with Crippen LogP contribution in [-0.2, 0) is 14.8 Å². The summed E-state index contributed by atoms with van der Waals surface area (Å²) in [6.45, 7) is 7.18. The second-order valence-electron chi connectivity index (χ2n) is 6.79. The maximum atomic E-state index is 12.2. The maximum Gasteiger partial charge on any atom is 0.303 e. The normalized spacial score (nSPS) is 13.3. The lowest BCUT2D eigenvalue weighted by molar-refractivity contribution is -0.137. The molecule has 3 N–H and O–H groups in total. The summed E-state index contributed by atoms with van der Waals surface area (Å²) in [7, 11) is -3.65. The highest BCUT2D eigenvalue weighted by atomic mass is 32.2. The van der Waals surface area contributed by atoms with Crippen molar-refractivity contribution in [2.75, 3.05) is 6.54 Å². The molecule has 0 saturated carbocycles. The lowest BCUT2D eigenvalue weighted by Gasteiger charge is -2.20. The Morgan fingerprint density at radius 1 is 1.17 bits per heavy atom. The van der Waals surface area contributed by atoms with E-state index < -0.39 is 21.5 Å². The Morgan fingerprint density at radius 2 is 1.71 bits per heavy atom. The molecule has 1 amide bonds. The molecular formula is C16H24N2O5S. The van der Waals surface area contributed by atoms with Gasteiger partial charge in [-0.1, -0.05) is 6.92 Å². The highest BCUT2D eigenvalue weighted by Gasteiger charge is 2.22. The number of benzene rings is 1. The third-order valence-corrected chi connectivity index (χ3v) is 4.78. The molecule has 1 aromatic carbocycles. The first-order valence-corrected chi connectivity index (χ1v) is 9.03. The van der Waals surface area contributed by atoms with Crippen LogP contribution in [0.4, 0.5) is 0 Å². The summed E-state index contributed by atoms with van der Waals surface area (Å²) < 4.78 is 26.9. The minimum Gasteiger partial charge on any atom is -0.481 e. The molecule has 1 unspecified atom stereocenters. The van der Waals surface area contributed by atoms with Gasteiger partial charge in [-0.3, -0.25) is 9.59 Å². The maximum absolute atomic E-state index is 12.2. The van der Waals surface area contributed by atoms with Crippen molar-refractivity contribution in [2.45, 2.75) is 44.6 Å². The summed E-state index contributed by atoms with van der Waals surface area (Å²) in [6, 6.07) is 5.58. The number of rotatable bonds is 7. The minimum absolute atomic E-state index is 0.0318. The van der Waals surface area contributed by atoms with Crippen LogP contribution in [0, 0.1) is 5.92 Å². The van der Waals surface area contributed by atoms with Gasteiger partial charge < -0.3 is 10.4 Å². The molecule has 1 aromatic rings. The second kappa shape index (κ2) is 7.76. The Kier molecular flexibility index (Phi) is 6.50. The Labute approximate surface area is 142 Å². The fourth-order valence-corrected chi connectivity index (χ4v) is 3.41. The molecule has 0 aliphatic heterocycles. The quantitative estimate of drug-likeness (QED) is 0.687. The zero-order chi connectivity index (χ0) is 18.5. The molecule has 0 saturated heterocycles. The first-order valence-electron chi connectivity index (χ1n) is 7.55. The number of sulfonamides is 1. The van der Waals surface area contributed by atoms with Gasteiger partial charge in [0.1, 0.15) is 0 Å². The highest BCUT2D eigenvalue weighted by Crippen LogP contribution is 2.14. The zero-order valence-corrected chi connectivity index (χ0v) is 15.1. The lowest BCUT2D eigenvalue weighted by atomic mass is 10.1. The van der Waals surface area contributed by atoms with Crippen molar-refractivity contribution < 1.29 is 23.1 Å². The minimum atomic E-state index is -3.65. The van der Waals surface area contributed by atoms with Crippen LogP contribution in [0.15, 0.2) is 29.2 Å². The Hall–Kier alpha value is -1.93. The van der Waals surface area contributed by atoms with Crippen LogP contribution in [0.25, 0.3) is 0 Å². The number of nitrogens with one attached hydrogen (secondary N) is 2. The number of amides is 1. The van der Waals surface area contributed by atoms with E-state index in [9.17, 15) is 18.0 Å². The van der Waals surface area contributed by atoms with Crippen LogP contribution >= 0.6 is 0 Å². The molecule has 24 heavy (non-hydrogen) atoms. The molecule has 0 spiro atoms. The first-order chi connectivity index (χ1) is 10.9. The zero-order valence-electron chi connectivity index (χ0n) is 14.3. The standard InChI is InChI=1S/C16H24N2O5S/c1-11(9-14(19)20)10-17-15(21)12-5-7-13(8-6-12)24(22,23)18-16(2,3)4/h5-8,11,18H,9-10H2,1-4H3,(H,17,21)(H,19,20). The molecule has 8 heteroatoms. The first kappa shape index (κ1) is 20.1. The average Bonchev–Trinajstić information content (AvgIpc) is 2.41. The number of carboxylic acid groups (broad SMARTS) is 1. The van der Waals surface area contributed by atoms with E-state index in [0.29, 0.717) is 5.56 Å². The van der Waals surface area contributed by atoms with Gasteiger partial charge in [-0.25, -0.2) is 13.1 Å². The van der Waals surface area contributed by atoms with Crippen LogP contribution in [-0.4, -0.2) is 37.5 Å². The molecule has 0 heterocycles. The molecule has 0 fully saturated rings. The predicted molar refractivity (Wildman–Crippen MR) is 90.3 cm³/mol. The van der Waals surface area contributed by atoms with Crippen molar-refractivity contribution in [2.24, 2.45) is 5.92 Å². The number of hydrogen-bond donors (Lipinski definition) is 3. The third kappa shape index (κ3) is 6.67. The summed E-state index contributed by atoms with van der Waals surface area (Å²) in [4.78, 5) is 22.7. The van der Waals surface area contributed by atoms with Gasteiger partial charge in [-0.15, -0.1) is 0 Å². The summed E-state index contributed by atoms with van der Waals surface area (Å²) in [5, 5.41) is 11.3. The molecule has 0 aliphatic rings. The Bertz CT molecular complexity index is 690. The van der Waals surface area contributed by atoms with E-state index in [-0.39, 0.29) is 29.7 Å². The topological polar surface area (TPSA) is 113 Å². The van der Waals surface area contributed by atoms with E-state index >= 15 is 0 Å². The molecule has 1 atom stereocenters. The van der Waals surface area contributed by atoms with Crippen LogP contribution in [0.5, 0.6) is 0 Å². The number of carbonyl (C=O) groups excluding carboxylic acids is 1. The van der Waals surface area contributed by atoms with Crippen LogP contribution in [0.3, 0.4) is 0 Å². The van der Waals surface area contributed by atoms with Gasteiger partial charge in [0, 0.05) is 24.1 Å². The molecule has 0 radical (unpaired) electrons. The number of hydrogen-bond acceptors (Lipinski definition) is 4. The van der Waals surface area contributed by atoms with Gasteiger partial charge in [-0.05, 0) is 51.0 Å².